The van der Waals surface area contributed by atoms with E-state index < -0.39 is 0 Å². The van der Waals surface area contributed by atoms with Crippen molar-refractivity contribution in [3.63, 3.8) is 0 Å². The molecule has 3 aromatic carbocycles. The summed E-state index contributed by atoms with van der Waals surface area (Å²) in [7, 11) is 0. The third-order valence-corrected chi connectivity index (χ3v) is 4.64. The largest absolute Gasteiger partial charge is 0.477 e. The van der Waals surface area contributed by atoms with Crippen LogP contribution in [0.5, 0.6) is 5.88 Å². The Hall–Kier alpha value is -3.27. The summed E-state index contributed by atoms with van der Waals surface area (Å²) >= 11 is 0. The molecule has 1 atom stereocenters. The van der Waals surface area contributed by atoms with Gasteiger partial charge >= 0.3 is 0 Å². The Labute approximate surface area is 157 Å². The molecule has 1 heterocycles. The molecule has 3 nitrogen and oxygen atoms in total. The lowest BCUT2D eigenvalue weighted by atomic mass is 9.98. The fourth-order valence-electron chi connectivity index (χ4n) is 3.08. The first-order valence-corrected chi connectivity index (χ1v) is 8.90. The van der Waals surface area contributed by atoms with Crippen molar-refractivity contribution in [1.82, 2.24) is 9.97 Å². The fraction of sp³-hybridized carbons (Fsp3) is 0.130. The van der Waals surface area contributed by atoms with Gasteiger partial charge in [0.1, 0.15) is 17.7 Å². The SMILES string of the molecule is CC(COc1ncnc2c(F)cccc12)c1ccc(-c2ccccc2)cc1. The van der Waals surface area contributed by atoms with E-state index in [9.17, 15) is 4.39 Å². The van der Waals surface area contributed by atoms with Gasteiger partial charge in [-0.2, -0.15) is 0 Å². The fourth-order valence-corrected chi connectivity index (χ4v) is 3.08. The van der Waals surface area contributed by atoms with Crippen LogP contribution in [0.25, 0.3) is 22.0 Å². The van der Waals surface area contributed by atoms with Crippen LogP contribution in [0.15, 0.2) is 79.1 Å². The van der Waals surface area contributed by atoms with Gasteiger partial charge in [-0.15, -0.1) is 0 Å². The van der Waals surface area contributed by atoms with E-state index in [0.717, 1.165) is 0 Å². The van der Waals surface area contributed by atoms with Crippen LogP contribution in [0.2, 0.25) is 0 Å². The molecule has 0 saturated carbocycles. The molecule has 0 aliphatic rings. The molecular weight excluding hydrogens is 339 g/mol. The number of fused-ring (bicyclic) bond motifs is 1. The average molecular weight is 358 g/mol. The summed E-state index contributed by atoms with van der Waals surface area (Å²) in [6.45, 7) is 2.55. The quantitative estimate of drug-likeness (QED) is 0.464. The van der Waals surface area contributed by atoms with Crippen molar-refractivity contribution in [3.05, 3.63) is 90.5 Å². The minimum absolute atomic E-state index is 0.174. The first-order valence-electron chi connectivity index (χ1n) is 8.90. The van der Waals surface area contributed by atoms with Crippen LogP contribution < -0.4 is 4.74 Å². The van der Waals surface area contributed by atoms with Crippen molar-refractivity contribution in [2.24, 2.45) is 0 Å². The highest BCUT2D eigenvalue weighted by molar-refractivity contribution is 5.83. The first-order chi connectivity index (χ1) is 13.2. The van der Waals surface area contributed by atoms with Crippen molar-refractivity contribution in [2.75, 3.05) is 6.61 Å². The van der Waals surface area contributed by atoms with Gasteiger partial charge < -0.3 is 4.74 Å². The maximum atomic E-state index is 13.9. The van der Waals surface area contributed by atoms with E-state index in [1.165, 1.54) is 29.1 Å². The maximum Gasteiger partial charge on any atom is 0.224 e. The average Bonchev–Trinajstić information content (AvgIpc) is 2.73. The first kappa shape index (κ1) is 17.2. The van der Waals surface area contributed by atoms with E-state index in [-0.39, 0.29) is 17.3 Å². The molecule has 1 aromatic heterocycles. The number of ether oxygens (including phenoxy) is 1. The maximum absolute atomic E-state index is 13.9. The molecule has 0 bridgehead atoms. The van der Waals surface area contributed by atoms with E-state index in [4.69, 9.17) is 4.74 Å². The molecule has 4 aromatic rings. The molecule has 4 heteroatoms. The molecule has 0 amide bonds. The Morgan fingerprint density at radius 2 is 1.59 bits per heavy atom. The van der Waals surface area contributed by atoms with Gasteiger partial charge in [0, 0.05) is 5.92 Å². The van der Waals surface area contributed by atoms with Crippen LogP contribution in [0.1, 0.15) is 18.4 Å². The monoisotopic (exact) mass is 358 g/mol. The van der Waals surface area contributed by atoms with Crippen molar-refractivity contribution in [1.29, 1.82) is 0 Å². The molecule has 1 unspecified atom stereocenters. The van der Waals surface area contributed by atoms with Gasteiger partial charge in [-0.05, 0) is 28.8 Å². The Bertz CT molecular complexity index is 1050. The van der Waals surface area contributed by atoms with Crippen LogP contribution >= 0.6 is 0 Å². The second-order valence-electron chi connectivity index (χ2n) is 6.51. The van der Waals surface area contributed by atoms with E-state index in [2.05, 4.69) is 53.3 Å². The third kappa shape index (κ3) is 3.65. The number of benzene rings is 3. The smallest absolute Gasteiger partial charge is 0.224 e. The molecule has 0 fully saturated rings. The summed E-state index contributed by atoms with van der Waals surface area (Å²) in [5.41, 5.74) is 3.84. The van der Waals surface area contributed by atoms with E-state index in [1.54, 1.807) is 12.1 Å². The number of halogens is 1. The number of hydrogen-bond donors (Lipinski definition) is 0. The van der Waals surface area contributed by atoms with Gasteiger partial charge in [-0.25, -0.2) is 14.4 Å². The molecule has 0 spiro atoms. The molecule has 4 rings (SSSR count). The van der Waals surface area contributed by atoms with E-state index in [1.807, 2.05) is 18.2 Å². The number of nitrogens with zero attached hydrogens (tertiary/aromatic N) is 2. The zero-order valence-electron chi connectivity index (χ0n) is 15.0. The topological polar surface area (TPSA) is 35.0 Å². The van der Waals surface area contributed by atoms with Gasteiger partial charge in [-0.1, -0.05) is 67.6 Å². The van der Waals surface area contributed by atoms with Gasteiger partial charge in [0.25, 0.3) is 0 Å². The summed E-state index contributed by atoms with van der Waals surface area (Å²) in [4.78, 5) is 8.17. The molecular formula is C23H19FN2O. The lowest BCUT2D eigenvalue weighted by Gasteiger charge is -2.14. The Kier molecular flexibility index (Phi) is 4.79. The summed E-state index contributed by atoms with van der Waals surface area (Å²) in [5.74, 6) is 0.213. The van der Waals surface area contributed by atoms with Crippen LogP contribution in [-0.2, 0) is 0 Å². The summed E-state index contributed by atoms with van der Waals surface area (Å²) in [6.07, 6.45) is 1.33. The van der Waals surface area contributed by atoms with Crippen molar-refractivity contribution >= 4 is 10.9 Å². The van der Waals surface area contributed by atoms with Gasteiger partial charge in [0.15, 0.2) is 0 Å². The van der Waals surface area contributed by atoms with E-state index >= 15 is 0 Å². The lowest BCUT2D eigenvalue weighted by molar-refractivity contribution is 0.288. The zero-order chi connectivity index (χ0) is 18.6. The standard InChI is InChI=1S/C23H19FN2O/c1-16(17-10-12-19(13-11-17)18-6-3-2-4-7-18)14-27-23-20-8-5-9-21(24)22(20)25-15-26-23/h2-13,15-16H,14H2,1H3. The third-order valence-electron chi connectivity index (χ3n) is 4.64. The minimum Gasteiger partial charge on any atom is -0.477 e. The van der Waals surface area contributed by atoms with Gasteiger partial charge in [0.2, 0.25) is 5.88 Å². The molecule has 0 radical (unpaired) electrons. The number of hydrogen-bond acceptors (Lipinski definition) is 3. The normalized spacial score (nSPS) is 12.1. The minimum atomic E-state index is -0.371. The Balaban J connectivity index is 1.49. The van der Waals surface area contributed by atoms with Crippen molar-refractivity contribution in [3.8, 4) is 17.0 Å². The summed E-state index contributed by atoms with van der Waals surface area (Å²) in [6, 6.07) is 23.6. The molecule has 0 aliphatic carbocycles. The number of aromatic nitrogens is 2. The molecule has 0 aliphatic heterocycles. The highest BCUT2D eigenvalue weighted by Crippen LogP contribution is 2.26. The van der Waals surface area contributed by atoms with Crippen molar-refractivity contribution < 1.29 is 9.13 Å². The molecule has 0 saturated heterocycles. The van der Waals surface area contributed by atoms with Crippen LogP contribution in [0.4, 0.5) is 4.39 Å². The Morgan fingerprint density at radius 1 is 0.852 bits per heavy atom. The van der Waals surface area contributed by atoms with Gasteiger partial charge in [0.05, 0.1) is 12.0 Å². The number of rotatable bonds is 5. The van der Waals surface area contributed by atoms with Crippen LogP contribution in [0.3, 0.4) is 0 Å². The predicted molar refractivity (Wildman–Crippen MR) is 105 cm³/mol. The molecule has 27 heavy (non-hydrogen) atoms. The lowest BCUT2D eigenvalue weighted by Crippen LogP contribution is -2.08. The second kappa shape index (κ2) is 7.54. The Morgan fingerprint density at radius 3 is 2.37 bits per heavy atom. The zero-order valence-corrected chi connectivity index (χ0v) is 15.0. The molecule has 0 N–H and O–H groups in total. The highest BCUT2D eigenvalue weighted by atomic mass is 19.1. The van der Waals surface area contributed by atoms with Crippen LogP contribution in [-0.4, -0.2) is 16.6 Å². The summed E-state index contributed by atoms with van der Waals surface area (Å²) in [5, 5.41) is 0.587. The van der Waals surface area contributed by atoms with Crippen LogP contribution in [0, 0.1) is 5.82 Å². The van der Waals surface area contributed by atoms with E-state index in [0.29, 0.717) is 17.9 Å². The van der Waals surface area contributed by atoms with Gasteiger partial charge in [-0.3, -0.25) is 0 Å². The predicted octanol–water partition coefficient (Wildman–Crippen LogP) is 5.62. The van der Waals surface area contributed by atoms with Crippen molar-refractivity contribution in [2.45, 2.75) is 12.8 Å². The summed E-state index contributed by atoms with van der Waals surface area (Å²) < 4.78 is 19.7. The highest BCUT2D eigenvalue weighted by Gasteiger charge is 2.11. The molecule has 134 valence electrons. The second-order valence-corrected chi connectivity index (χ2v) is 6.51. The number of para-hydroxylation sites is 1.